The summed E-state index contributed by atoms with van der Waals surface area (Å²) in [6.45, 7) is 11.2. The van der Waals surface area contributed by atoms with Gasteiger partial charge >= 0.3 is 0 Å². The molecule has 1 aromatic heterocycles. The molecule has 0 fully saturated rings. The van der Waals surface area contributed by atoms with Crippen LogP contribution in [0.1, 0.15) is 25.2 Å². The lowest BCUT2D eigenvalue weighted by atomic mass is 10.2. The van der Waals surface area contributed by atoms with Crippen molar-refractivity contribution in [3.63, 3.8) is 0 Å². The Bertz CT molecular complexity index is 767. The molecular weight excluding hydrogens is 439 g/mol. The highest BCUT2D eigenvalue weighted by Crippen LogP contribution is 2.27. The number of hydrogen-bond donors (Lipinski definition) is 1. The normalized spacial score (nSPS) is 13.3. The van der Waals surface area contributed by atoms with Gasteiger partial charge in [-0.05, 0) is 25.0 Å². The monoisotopic (exact) mass is 466 g/mol. The molecule has 2 heterocycles. The zero-order valence-electron chi connectivity index (χ0n) is 15.5. The van der Waals surface area contributed by atoms with Crippen LogP contribution < -0.4 is 10.2 Å². The number of nitrogens with zero attached hydrogens (tertiary/aromatic N) is 5. The van der Waals surface area contributed by atoms with Gasteiger partial charge in [0, 0.05) is 31.7 Å². The average molecular weight is 466 g/mol. The topological polar surface area (TPSA) is 58.3 Å². The fourth-order valence-corrected chi connectivity index (χ4v) is 3.03. The smallest absolute Gasteiger partial charge is 0.198 e. The molecule has 26 heavy (non-hydrogen) atoms. The van der Waals surface area contributed by atoms with E-state index in [1.165, 1.54) is 11.3 Å². The highest BCUT2D eigenvalue weighted by Gasteiger charge is 2.22. The Kier molecular flexibility index (Phi) is 7.62. The molecule has 0 unspecified atom stereocenters. The lowest BCUT2D eigenvalue weighted by molar-refractivity contribution is 0.636. The molecule has 0 bridgehead atoms. The number of guanidine groups is 1. The minimum Gasteiger partial charge on any atom is -0.354 e. The van der Waals surface area contributed by atoms with Crippen LogP contribution in [0, 0.1) is 0 Å². The van der Waals surface area contributed by atoms with Crippen molar-refractivity contribution in [1.82, 2.24) is 20.1 Å². The molecule has 1 N–H and O–H groups in total. The summed E-state index contributed by atoms with van der Waals surface area (Å²) in [5.41, 5.74) is 3.67. The van der Waals surface area contributed by atoms with Crippen LogP contribution in [-0.4, -0.2) is 40.4 Å². The van der Waals surface area contributed by atoms with Gasteiger partial charge in [0.15, 0.2) is 5.96 Å². The Morgan fingerprint density at radius 1 is 1.35 bits per heavy atom. The van der Waals surface area contributed by atoms with Crippen molar-refractivity contribution in [1.29, 1.82) is 0 Å². The van der Waals surface area contributed by atoms with E-state index in [9.17, 15) is 0 Å². The van der Waals surface area contributed by atoms with Crippen LogP contribution in [-0.2, 0) is 19.4 Å². The second kappa shape index (κ2) is 9.70. The maximum atomic E-state index is 4.76. The average Bonchev–Trinajstić information content (AvgIpc) is 3.24. The maximum Gasteiger partial charge on any atom is 0.198 e. The van der Waals surface area contributed by atoms with Gasteiger partial charge in [-0.15, -0.1) is 34.2 Å². The van der Waals surface area contributed by atoms with E-state index in [2.05, 4.69) is 62.7 Å². The lowest BCUT2D eigenvalue weighted by Crippen LogP contribution is -2.42. The molecule has 0 amide bonds. The number of benzene rings is 1. The fourth-order valence-electron chi connectivity index (χ4n) is 3.03. The number of aliphatic imine (C=N–C) groups is 1. The number of halogens is 1. The molecule has 0 radical (unpaired) electrons. The van der Waals surface area contributed by atoms with Gasteiger partial charge in [0.1, 0.15) is 12.2 Å². The Labute approximate surface area is 172 Å². The number of rotatable bonds is 6. The van der Waals surface area contributed by atoms with Gasteiger partial charge < -0.3 is 14.8 Å². The number of anilines is 1. The van der Waals surface area contributed by atoms with E-state index in [4.69, 9.17) is 4.99 Å². The first-order valence-electron chi connectivity index (χ1n) is 8.84. The molecule has 0 atom stereocenters. The third-order valence-electron chi connectivity index (χ3n) is 4.29. The van der Waals surface area contributed by atoms with E-state index >= 15 is 0 Å². The van der Waals surface area contributed by atoms with Crippen molar-refractivity contribution in [3.8, 4) is 0 Å². The molecule has 7 heteroatoms. The van der Waals surface area contributed by atoms with Crippen molar-refractivity contribution < 1.29 is 0 Å². The summed E-state index contributed by atoms with van der Waals surface area (Å²) in [6.07, 6.45) is 3.72. The molecule has 1 aliphatic rings. The Hall–Kier alpha value is -1.90. The Morgan fingerprint density at radius 3 is 2.92 bits per heavy atom. The summed E-state index contributed by atoms with van der Waals surface area (Å²) in [5, 5.41) is 11.6. The molecule has 0 saturated carbocycles. The maximum absolute atomic E-state index is 4.76. The van der Waals surface area contributed by atoms with E-state index in [0.29, 0.717) is 6.54 Å². The van der Waals surface area contributed by atoms with E-state index < -0.39 is 0 Å². The van der Waals surface area contributed by atoms with Gasteiger partial charge in [0.25, 0.3) is 0 Å². The molecule has 1 aromatic carbocycles. The van der Waals surface area contributed by atoms with E-state index in [1.807, 2.05) is 6.92 Å². The Morgan fingerprint density at radius 2 is 2.15 bits per heavy atom. The van der Waals surface area contributed by atoms with Gasteiger partial charge in [-0.25, -0.2) is 4.99 Å². The van der Waals surface area contributed by atoms with Gasteiger partial charge in [0.2, 0.25) is 0 Å². The largest absolute Gasteiger partial charge is 0.354 e. The number of nitrogens with one attached hydrogen (secondary N) is 1. The number of para-hydroxylation sites is 1. The molecule has 2 aromatic rings. The highest BCUT2D eigenvalue weighted by molar-refractivity contribution is 14.0. The molecule has 140 valence electrons. The van der Waals surface area contributed by atoms with Gasteiger partial charge in [0.05, 0.1) is 6.54 Å². The van der Waals surface area contributed by atoms with E-state index in [1.54, 1.807) is 6.33 Å². The van der Waals surface area contributed by atoms with Gasteiger partial charge in [-0.3, -0.25) is 0 Å². The Balaban J connectivity index is 0.00000243. The van der Waals surface area contributed by atoms with Gasteiger partial charge in [-0.1, -0.05) is 37.3 Å². The second-order valence-corrected chi connectivity index (χ2v) is 6.35. The van der Waals surface area contributed by atoms with E-state index in [0.717, 1.165) is 49.8 Å². The third-order valence-corrected chi connectivity index (χ3v) is 4.29. The predicted octanol–water partition coefficient (Wildman–Crippen LogP) is 3.04. The summed E-state index contributed by atoms with van der Waals surface area (Å²) in [7, 11) is 0. The zero-order valence-corrected chi connectivity index (χ0v) is 17.8. The lowest BCUT2D eigenvalue weighted by Gasteiger charge is -2.23. The fraction of sp³-hybridized carbons (Fsp3) is 0.421. The molecule has 0 spiro atoms. The van der Waals surface area contributed by atoms with E-state index in [-0.39, 0.29) is 24.0 Å². The van der Waals surface area contributed by atoms with Crippen molar-refractivity contribution in [2.45, 2.75) is 33.2 Å². The second-order valence-electron chi connectivity index (χ2n) is 6.35. The number of fused-ring (bicyclic) bond motifs is 1. The van der Waals surface area contributed by atoms with Crippen LogP contribution in [0.15, 0.2) is 47.7 Å². The standard InChI is InChI=1S/C19H26N6.HI/c1-4-18-23-22-14-24(18)12-10-20-19(21-13-15(2)3)25-11-9-16-7-5-6-8-17(16)25;/h5-8,14H,2,4,9-13H2,1,3H3,(H,20,21);1H. The van der Waals surface area contributed by atoms with Crippen molar-refractivity contribution in [2.24, 2.45) is 4.99 Å². The van der Waals surface area contributed by atoms with Crippen LogP contribution in [0.4, 0.5) is 5.69 Å². The summed E-state index contributed by atoms with van der Waals surface area (Å²) >= 11 is 0. The molecular formula is C19H27IN6. The first-order valence-corrected chi connectivity index (χ1v) is 8.84. The SMILES string of the molecule is C=C(C)CN=C(NCCn1cnnc1CC)N1CCc2ccccc21.I. The van der Waals surface area contributed by atoms with Crippen LogP contribution >= 0.6 is 24.0 Å². The number of aromatic nitrogens is 3. The number of aryl methyl sites for hydroxylation is 1. The van der Waals surface area contributed by atoms with Crippen LogP contribution in [0.5, 0.6) is 0 Å². The molecule has 3 rings (SSSR count). The number of hydrogen-bond acceptors (Lipinski definition) is 3. The summed E-state index contributed by atoms with van der Waals surface area (Å²) in [4.78, 5) is 7.03. The first kappa shape index (κ1) is 20.4. The van der Waals surface area contributed by atoms with Crippen LogP contribution in [0.25, 0.3) is 0 Å². The third kappa shape index (κ3) is 4.84. The van der Waals surface area contributed by atoms with Crippen LogP contribution in [0.3, 0.4) is 0 Å². The molecule has 0 saturated heterocycles. The zero-order chi connectivity index (χ0) is 17.6. The molecule has 6 nitrogen and oxygen atoms in total. The summed E-state index contributed by atoms with van der Waals surface area (Å²) < 4.78 is 2.08. The highest BCUT2D eigenvalue weighted by atomic mass is 127. The van der Waals surface area contributed by atoms with Crippen molar-refractivity contribution in [2.75, 3.05) is 24.5 Å². The quantitative estimate of drug-likeness (QED) is 0.308. The predicted molar refractivity (Wildman–Crippen MR) is 117 cm³/mol. The van der Waals surface area contributed by atoms with Crippen LogP contribution in [0.2, 0.25) is 0 Å². The summed E-state index contributed by atoms with van der Waals surface area (Å²) in [6, 6.07) is 8.53. The van der Waals surface area contributed by atoms with Crippen molar-refractivity contribution >= 4 is 35.6 Å². The summed E-state index contributed by atoms with van der Waals surface area (Å²) in [5.74, 6) is 1.92. The van der Waals surface area contributed by atoms with Crippen molar-refractivity contribution in [3.05, 3.63) is 54.1 Å². The van der Waals surface area contributed by atoms with Gasteiger partial charge in [-0.2, -0.15) is 0 Å². The molecule has 0 aliphatic carbocycles. The minimum absolute atomic E-state index is 0. The minimum atomic E-state index is 0. The first-order chi connectivity index (χ1) is 12.2. The molecule has 1 aliphatic heterocycles.